The normalized spacial score (nSPS) is 12.1. The van der Waals surface area contributed by atoms with Gasteiger partial charge in [-0.05, 0) is 83.0 Å². The summed E-state index contributed by atoms with van der Waals surface area (Å²) in [5.41, 5.74) is 3.86. The van der Waals surface area contributed by atoms with Crippen LogP contribution in [0.4, 0.5) is 9.59 Å². The van der Waals surface area contributed by atoms with Crippen LogP contribution in [-0.2, 0) is 9.47 Å². The predicted octanol–water partition coefficient (Wildman–Crippen LogP) is 7.29. The lowest BCUT2D eigenvalue weighted by atomic mass is 10.1. The molecule has 2 aromatic heterocycles. The van der Waals surface area contributed by atoms with Crippen molar-refractivity contribution in [3.8, 4) is 33.6 Å². The van der Waals surface area contributed by atoms with E-state index in [0.717, 1.165) is 22.3 Å². The predicted molar refractivity (Wildman–Crippen MR) is 133 cm³/mol. The first kappa shape index (κ1) is 23.4. The van der Waals surface area contributed by atoms with Crippen LogP contribution in [0.1, 0.15) is 41.5 Å². The van der Waals surface area contributed by atoms with Gasteiger partial charge in [0.25, 0.3) is 0 Å². The lowest BCUT2D eigenvalue weighted by Gasteiger charge is -2.20. The van der Waals surface area contributed by atoms with E-state index >= 15 is 0 Å². The molecule has 0 unspecified atom stereocenters. The van der Waals surface area contributed by atoms with Crippen LogP contribution in [0.3, 0.4) is 0 Å². The Morgan fingerprint density at radius 2 is 1.00 bits per heavy atom. The molecule has 4 rings (SSSR count). The molecule has 2 aliphatic rings. The third-order valence-corrected chi connectivity index (χ3v) is 5.14. The number of aromatic nitrogens is 2. The average molecular weight is 459 g/mol. The maximum Gasteiger partial charge on any atom is 0.418 e. The Balaban J connectivity index is 1.85. The fraction of sp³-hybridized carbons (Fsp3) is 0.286. The van der Waals surface area contributed by atoms with Crippen molar-refractivity contribution in [1.29, 1.82) is 0 Å². The van der Waals surface area contributed by atoms with E-state index in [1.165, 1.54) is 9.13 Å². The molecule has 0 saturated heterocycles. The van der Waals surface area contributed by atoms with Gasteiger partial charge in [-0.1, -0.05) is 30.3 Å². The molecule has 2 aromatic rings. The van der Waals surface area contributed by atoms with E-state index < -0.39 is 23.4 Å². The van der Waals surface area contributed by atoms with Crippen LogP contribution in [-0.4, -0.2) is 32.5 Å². The molecule has 0 amide bonds. The van der Waals surface area contributed by atoms with Crippen LogP contribution in [0.5, 0.6) is 0 Å². The molecule has 34 heavy (non-hydrogen) atoms. The van der Waals surface area contributed by atoms with E-state index in [-0.39, 0.29) is 0 Å². The zero-order chi connectivity index (χ0) is 24.7. The summed E-state index contributed by atoms with van der Waals surface area (Å²) in [4.78, 5) is 25.8. The van der Waals surface area contributed by atoms with Crippen LogP contribution < -0.4 is 0 Å². The summed E-state index contributed by atoms with van der Waals surface area (Å²) >= 11 is 0. The Labute approximate surface area is 200 Å². The van der Waals surface area contributed by atoms with E-state index in [2.05, 4.69) is 0 Å². The molecule has 0 fully saturated rings. The van der Waals surface area contributed by atoms with E-state index in [0.29, 0.717) is 11.4 Å². The summed E-state index contributed by atoms with van der Waals surface area (Å²) in [6.07, 6.45) is 2.52. The number of hydrogen-bond donors (Lipinski definition) is 0. The highest BCUT2D eigenvalue weighted by Crippen LogP contribution is 2.43. The van der Waals surface area contributed by atoms with Crippen molar-refractivity contribution < 1.29 is 19.1 Å². The molecule has 0 spiro atoms. The zero-order valence-electron chi connectivity index (χ0n) is 20.5. The molecule has 2 heterocycles. The molecule has 6 nitrogen and oxygen atoms in total. The van der Waals surface area contributed by atoms with Crippen molar-refractivity contribution in [2.45, 2.75) is 52.7 Å². The second kappa shape index (κ2) is 8.52. The van der Waals surface area contributed by atoms with Crippen molar-refractivity contribution >= 4 is 12.2 Å². The number of fused-ring (bicyclic) bond motifs is 1. The van der Waals surface area contributed by atoms with Gasteiger partial charge in [-0.3, -0.25) is 9.13 Å². The second-order valence-corrected chi connectivity index (χ2v) is 10.2. The smallest absolute Gasteiger partial charge is 0.418 e. The first-order valence-electron chi connectivity index (χ1n) is 11.3. The first-order valence-corrected chi connectivity index (χ1v) is 11.3. The Morgan fingerprint density at radius 3 is 1.38 bits per heavy atom. The molecule has 0 bridgehead atoms. The van der Waals surface area contributed by atoms with Gasteiger partial charge < -0.3 is 9.47 Å². The van der Waals surface area contributed by atoms with Gasteiger partial charge in [0.15, 0.2) is 0 Å². The topological polar surface area (TPSA) is 62.5 Å². The van der Waals surface area contributed by atoms with E-state index in [4.69, 9.17) is 9.47 Å². The molecular formula is C28H30N2O4. The number of rotatable bonds is 2. The Kier molecular flexibility index (Phi) is 5.86. The minimum Gasteiger partial charge on any atom is -0.443 e. The Hall–Kier alpha value is -3.80. The summed E-state index contributed by atoms with van der Waals surface area (Å²) in [5, 5.41) is 0. The van der Waals surface area contributed by atoms with Gasteiger partial charge in [-0.25, -0.2) is 9.59 Å². The highest BCUT2D eigenvalue weighted by Gasteiger charge is 2.26. The van der Waals surface area contributed by atoms with Crippen LogP contribution in [0.15, 0.2) is 73.1 Å². The number of ether oxygens (including phenoxy) is 2. The largest absolute Gasteiger partial charge is 0.443 e. The minimum atomic E-state index is -0.613. The third-order valence-electron chi connectivity index (χ3n) is 5.14. The zero-order valence-corrected chi connectivity index (χ0v) is 20.5. The van der Waals surface area contributed by atoms with Crippen molar-refractivity contribution in [2.75, 3.05) is 0 Å². The van der Waals surface area contributed by atoms with Crippen LogP contribution in [0.2, 0.25) is 0 Å². The van der Waals surface area contributed by atoms with Crippen molar-refractivity contribution in [3.05, 3.63) is 73.1 Å². The number of nitrogens with zero attached hydrogens (tertiary/aromatic N) is 2. The van der Waals surface area contributed by atoms with Crippen molar-refractivity contribution in [2.24, 2.45) is 0 Å². The summed E-state index contributed by atoms with van der Waals surface area (Å²) in [5.74, 6) is 0. The monoisotopic (exact) mass is 458 g/mol. The molecule has 6 heteroatoms. The minimum absolute atomic E-state index is 0.444. The van der Waals surface area contributed by atoms with Crippen LogP contribution in [0, 0.1) is 0 Å². The van der Waals surface area contributed by atoms with Crippen molar-refractivity contribution in [3.63, 3.8) is 0 Å². The molecule has 0 aromatic carbocycles. The first-order chi connectivity index (χ1) is 15.9. The standard InChI is InChI=1S/C28H30N2O4/c1-27(2,3)33-25(31)29-16-10-14-23(29)21-18-22(20-13-9-7-8-12-19(20)21)24-15-11-17-30(24)26(32)34-28(4,5)6/h7-18H,1-6H3. The fourth-order valence-electron chi connectivity index (χ4n) is 3.88. The van der Waals surface area contributed by atoms with Gasteiger partial charge in [-0.2, -0.15) is 0 Å². The molecule has 2 aliphatic carbocycles. The number of carbonyl (C=O) groups excluding carboxylic acids is 2. The highest BCUT2D eigenvalue weighted by atomic mass is 16.6. The van der Waals surface area contributed by atoms with Crippen LogP contribution >= 0.6 is 0 Å². The fourth-order valence-corrected chi connectivity index (χ4v) is 3.88. The molecule has 176 valence electrons. The summed E-state index contributed by atoms with van der Waals surface area (Å²) in [6, 6.07) is 19.3. The Bertz CT molecular complexity index is 1220. The van der Waals surface area contributed by atoms with Gasteiger partial charge in [0.2, 0.25) is 0 Å². The summed E-state index contributed by atoms with van der Waals surface area (Å²) < 4.78 is 14.3. The molecule has 0 N–H and O–H groups in total. The molecule has 0 radical (unpaired) electrons. The summed E-state index contributed by atoms with van der Waals surface area (Å²) in [6.45, 7) is 11.1. The van der Waals surface area contributed by atoms with Gasteiger partial charge in [0.05, 0.1) is 11.4 Å². The summed E-state index contributed by atoms with van der Waals surface area (Å²) in [7, 11) is 0. The van der Waals surface area contributed by atoms with E-state index in [1.807, 2.05) is 102 Å². The molecule has 0 saturated carbocycles. The maximum absolute atomic E-state index is 12.9. The van der Waals surface area contributed by atoms with Gasteiger partial charge >= 0.3 is 12.2 Å². The van der Waals surface area contributed by atoms with E-state index in [9.17, 15) is 9.59 Å². The maximum atomic E-state index is 12.9. The molecule has 0 aliphatic heterocycles. The van der Waals surface area contributed by atoms with Gasteiger partial charge in [-0.15, -0.1) is 0 Å². The lowest BCUT2D eigenvalue weighted by Crippen LogP contribution is -2.27. The lowest BCUT2D eigenvalue weighted by molar-refractivity contribution is 0.0529. The second-order valence-electron chi connectivity index (χ2n) is 10.2. The third kappa shape index (κ3) is 4.76. The van der Waals surface area contributed by atoms with E-state index in [1.54, 1.807) is 12.4 Å². The Morgan fingerprint density at radius 1 is 0.588 bits per heavy atom. The highest BCUT2D eigenvalue weighted by molar-refractivity contribution is 5.99. The van der Waals surface area contributed by atoms with Crippen LogP contribution in [0.25, 0.3) is 33.6 Å². The number of hydrogen-bond acceptors (Lipinski definition) is 4. The van der Waals surface area contributed by atoms with Crippen molar-refractivity contribution in [1.82, 2.24) is 9.13 Å². The quantitative estimate of drug-likeness (QED) is 0.316. The number of carbonyl (C=O) groups is 2. The average Bonchev–Trinajstić information content (AvgIpc) is 3.40. The van der Waals surface area contributed by atoms with Gasteiger partial charge in [0, 0.05) is 23.5 Å². The van der Waals surface area contributed by atoms with Gasteiger partial charge in [0.1, 0.15) is 11.2 Å². The molecule has 0 atom stereocenters. The SMILES string of the molecule is CC(C)(C)OC(=O)n1cccc1-c1cc(-c2cccn2C(=O)OC(C)(C)C)c2cccccc1-2. The molecular weight excluding hydrogens is 428 g/mol.